The molecule has 65 heavy (non-hydrogen) atoms. The first-order chi connectivity index (χ1) is 31.1. The maximum absolute atomic E-state index is 14.4. The second-order valence-electron chi connectivity index (χ2n) is 19.8. The van der Waals surface area contributed by atoms with E-state index in [1.165, 1.54) is 57.6 Å². The van der Waals surface area contributed by atoms with Crippen molar-refractivity contribution in [3.05, 3.63) is 89.1 Å². The predicted molar refractivity (Wildman–Crippen MR) is 261 cm³/mol. The van der Waals surface area contributed by atoms with Crippen LogP contribution in [0.5, 0.6) is 0 Å². The Balaban J connectivity index is 1.23. The molecular weight excluding hydrogens is 813 g/mol. The fraction of sp³-hybridized carbons (Fsp3) is 0.564. The number of carbonyl (C=O) groups excluding carboxylic acids is 4. The second-order valence-corrected chi connectivity index (χ2v) is 19.8. The second kappa shape index (κ2) is 21.9. The Morgan fingerprint density at radius 3 is 2.08 bits per heavy atom. The van der Waals surface area contributed by atoms with E-state index in [0.29, 0.717) is 57.4 Å². The summed E-state index contributed by atoms with van der Waals surface area (Å²) >= 11 is 0. The number of carbonyl (C=O) groups is 4. The zero-order chi connectivity index (χ0) is 47.1. The molecule has 1 unspecified atom stereocenters. The third kappa shape index (κ3) is 11.0. The van der Waals surface area contributed by atoms with E-state index >= 15 is 0 Å². The summed E-state index contributed by atoms with van der Waals surface area (Å²) in [6.07, 6.45) is 22.3. The lowest BCUT2D eigenvalue weighted by Crippen LogP contribution is -2.39. The van der Waals surface area contributed by atoms with Gasteiger partial charge in [-0.1, -0.05) is 92.1 Å². The van der Waals surface area contributed by atoms with Crippen LogP contribution in [0.25, 0.3) is 23.8 Å². The summed E-state index contributed by atoms with van der Waals surface area (Å²) in [5.41, 5.74) is 10.1. The van der Waals surface area contributed by atoms with E-state index in [1.54, 1.807) is 0 Å². The van der Waals surface area contributed by atoms with Gasteiger partial charge in [0.1, 0.15) is 12.5 Å². The first kappa shape index (κ1) is 49.3. The van der Waals surface area contributed by atoms with E-state index in [0.717, 1.165) is 81.7 Å². The van der Waals surface area contributed by atoms with Crippen molar-refractivity contribution in [1.29, 1.82) is 0 Å². The van der Waals surface area contributed by atoms with Gasteiger partial charge in [-0.05, 0) is 135 Å². The molecule has 3 aromatic rings. The molecule has 4 N–H and O–H groups in total. The van der Waals surface area contributed by atoms with Gasteiger partial charge < -0.3 is 29.7 Å². The molecule has 3 aromatic heterocycles. The number of rotatable bonds is 21. The van der Waals surface area contributed by atoms with Crippen LogP contribution in [0.1, 0.15) is 180 Å². The minimum absolute atomic E-state index is 0.169. The summed E-state index contributed by atoms with van der Waals surface area (Å²) in [7, 11) is 1.31. The molecule has 2 aliphatic heterocycles. The molecule has 0 saturated heterocycles. The molecule has 3 aliphatic rings. The topological polar surface area (TPSA) is 146 Å². The summed E-state index contributed by atoms with van der Waals surface area (Å²) in [5.74, 6) is -0.290. The van der Waals surface area contributed by atoms with Crippen LogP contribution < -0.4 is 26.7 Å². The highest BCUT2D eigenvalue weighted by Crippen LogP contribution is 2.40. The van der Waals surface area contributed by atoms with Crippen LogP contribution in [0, 0.1) is 43.4 Å². The quantitative estimate of drug-likeness (QED) is 0.0364. The molecule has 10 heteroatoms. The van der Waals surface area contributed by atoms with Crippen molar-refractivity contribution < 1.29 is 28.7 Å². The number of esters is 2. The van der Waals surface area contributed by atoms with E-state index < -0.39 is 17.9 Å². The van der Waals surface area contributed by atoms with E-state index in [4.69, 9.17) is 9.47 Å². The van der Waals surface area contributed by atoms with E-state index in [2.05, 4.69) is 81.7 Å². The number of aldehydes is 1. The number of ketones is 1. The van der Waals surface area contributed by atoms with Crippen molar-refractivity contribution in [3.63, 3.8) is 0 Å². The lowest BCUT2D eigenvalue weighted by atomic mass is 9.82. The smallest absolute Gasteiger partial charge is 0.320 e. The average Bonchev–Trinajstić information content (AvgIpc) is 4.02. The van der Waals surface area contributed by atoms with E-state index in [-0.39, 0.29) is 30.7 Å². The third-order valence-corrected chi connectivity index (χ3v) is 14.7. The number of fused-ring (bicyclic) bond motifs is 8. The maximum Gasteiger partial charge on any atom is 0.320 e. The number of nitrogens with one attached hydrogen (secondary N) is 4. The van der Waals surface area contributed by atoms with E-state index in [1.807, 2.05) is 32.1 Å². The Bertz CT molecular complexity index is 2580. The van der Waals surface area contributed by atoms with Crippen LogP contribution in [-0.4, -0.2) is 58.7 Å². The molecule has 0 radical (unpaired) electrons. The fourth-order valence-corrected chi connectivity index (χ4v) is 10.7. The molecule has 1 aliphatic carbocycles. The van der Waals surface area contributed by atoms with Gasteiger partial charge in [-0.15, -0.1) is 0 Å². The molecule has 0 amide bonds. The standard InChI is InChI=1S/C55H76N4O6/c1-12-38-35(8)42-27-43-36(9)40(23-24-48(61)65-26-25-34(7)22-16-21-33(6)20-15-19-32(5)18-14-17-31(3)4)52(58-43)50-51(55(63)64-11)54(62)49-37(10)44(59-53(49)50)28-46-39(13-2)41(30-60)47(57-46)29-45(38)56-42/h25,27-33,40,51-52,56-59H,12-24,26H2,1-11H3/b34-25+,42-27-,44-28-,45-29-/t32-,33-,40+,51-,52?/m1/s1. The summed E-state index contributed by atoms with van der Waals surface area (Å²) < 4.78 is 11.1. The van der Waals surface area contributed by atoms with Gasteiger partial charge in [0.25, 0.3) is 0 Å². The van der Waals surface area contributed by atoms with Gasteiger partial charge in [0.2, 0.25) is 0 Å². The van der Waals surface area contributed by atoms with Crippen LogP contribution in [-0.2, 0) is 31.9 Å². The zero-order valence-corrected chi connectivity index (χ0v) is 41.2. The lowest BCUT2D eigenvalue weighted by molar-refractivity contribution is -0.143. The number of aromatic nitrogens is 3. The predicted octanol–water partition coefficient (Wildman–Crippen LogP) is 8.38. The average molecular weight is 889 g/mol. The minimum atomic E-state index is -1.15. The molecule has 352 valence electrons. The Hall–Kier alpha value is -5.12. The monoisotopic (exact) mass is 889 g/mol. The molecule has 10 nitrogen and oxygen atoms in total. The Morgan fingerprint density at radius 2 is 1.43 bits per heavy atom. The van der Waals surface area contributed by atoms with Crippen LogP contribution in [0.15, 0.2) is 22.9 Å². The molecule has 0 fully saturated rings. The minimum Gasteiger partial charge on any atom is -0.468 e. The van der Waals surface area contributed by atoms with Crippen molar-refractivity contribution in [2.75, 3.05) is 13.7 Å². The maximum atomic E-state index is 14.4. The highest BCUT2D eigenvalue weighted by molar-refractivity contribution is 6.19. The number of H-pyrrole nitrogens is 3. The SMILES string of the molecule is CCc1c2[nH]c(c1C=O)/C=c1\[nH]/c(c(C)c1CC)=C\C1=C(C)[C@H](CCC(=O)OC/C=C(\C)CCC[C@H](C)CCC[C@H](C)CCCC(C)C)C(N1)C1=c3[nH]/c(c(C)c3C(=O)[C@@H]1C(=O)OC)=C\2. The van der Waals surface area contributed by atoms with Crippen molar-refractivity contribution in [2.24, 2.45) is 29.6 Å². The van der Waals surface area contributed by atoms with Gasteiger partial charge in [-0.2, -0.15) is 0 Å². The number of Topliss-reactive ketones (excluding diaryl/α,β-unsaturated/α-hetero) is 1. The third-order valence-electron chi connectivity index (χ3n) is 14.7. The molecule has 5 heterocycles. The van der Waals surface area contributed by atoms with Crippen LogP contribution in [0.4, 0.5) is 0 Å². The summed E-state index contributed by atoms with van der Waals surface area (Å²) in [4.78, 5) is 64.9. The molecule has 0 spiro atoms. The zero-order valence-electron chi connectivity index (χ0n) is 41.2. The van der Waals surface area contributed by atoms with Gasteiger partial charge in [0.05, 0.1) is 24.2 Å². The lowest BCUT2D eigenvalue weighted by Gasteiger charge is -2.26. The molecule has 0 saturated carbocycles. The van der Waals surface area contributed by atoms with Crippen molar-refractivity contribution in [2.45, 2.75) is 159 Å². The normalized spacial score (nSPS) is 20.5. The van der Waals surface area contributed by atoms with E-state index in [9.17, 15) is 19.2 Å². The highest BCUT2D eigenvalue weighted by Gasteiger charge is 2.47. The Kier molecular flexibility index (Phi) is 16.6. The van der Waals surface area contributed by atoms with Gasteiger partial charge >= 0.3 is 11.9 Å². The fourth-order valence-electron chi connectivity index (χ4n) is 10.7. The summed E-state index contributed by atoms with van der Waals surface area (Å²) in [6, 6.07) is -0.498. The van der Waals surface area contributed by atoms with Gasteiger partial charge in [-0.3, -0.25) is 19.2 Å². The molecule has 6 rings (SSSR count). The van der Waals surface area contributed by atoms with Crippen molar-refractivity contribution >= 4 is 47.8 Å². The highest BCUT2D eigenvalue weighted by atomic mass is 16.5. The van der Waals surface area contributed by atoms with Crippen LogP contribution >= 0.6 is 0 Å². The van der Waals surface area contributed by atoms with Gasteiger partial charge in [-0.25, -0.2) is 0 Å². The number of aromatic amines is 3. The summed E-state index contributed by atoms with van der Waals surface area (Å²) in [5, 5.41) is 6.88. The molecule has 8 bridgehead atoms. The molecule has 5 atom stereocenters. The number of allylic oxidation sites excluding steroid dienone is 2. The Morgan fingerprint density at radius 1 is 0.785 bits per heavy atom. The molecular formula is C55H76N4O6. The number of methoxy groups -OCH3 is 1. The number of hydrogen-bond acceptors (Lipinski definition) is 7. The van der Waals surface area contributed by atoms with Crippen molar-refractivity contribution in [1.82, 2.24) is 20.3 Å². The van der Waals surface area contributed by atoms with Crippen molar-refractivity contribution in [3.8, 4) is 0 Å². The van der Waals surface area contributed by atoms with Gasteiger partial charge in [0.15, 0.2) is 12.1 Å². The summed E-state index contributed by atoms with van der Waals surface area (Å²) in [6.45, 7) is 21.9. The molecule has 0 aromatic carbocycles. The van der Waals surface area contributed by atoms with Gasteiger partial charge in [0, 0.05) is 50.9 Å². The first-order valence-electron chi connectivity index (χ1n) is 24.6. The first-order valence-corrected chi connectivity index (χ1v) is 24.6. The van der Waals surface area contributed by atoms with Crippen LogP contribution in [0.3, 0.4) is 0 Å². The number of hydrogen-bond donors (Lipinski definition) is 4. The largest absolute Gasteiger partial charge is 0.468 e. The number of ether oxygens (including phenoxy) is 2. The Labute approximate surface area is 386 Å². The van der Waals surface area contributed by atoms with Crippen LogP contribution in [0.2, 0.25) is 0 Å².